The van der Waals surface area contributed by atoms with Crippen LogP contribution < -0.4 is 5.32 Å². The van der Waals surface area contributed by atoms with Crippen molar-refractivity contribution in [2.45, 2.75) is 19.0 Å². The summed E-state index contributed by atoms with van der Waals surface area (Å²) in [5.41, 5.74) is 2.49. The lowest BCUT2D eigenvalue weighted by molar-refractivity contribution is -0.385. The van der Waals surface area contributed by atoms with E-state index in [0.29, 0.717) is 18.5 Å². The summed E-state index contributed by atoms with van der Waals surface area (Å²) in [6.45, 7) is 0.382. The number of carbonyl (C=O) groups excluding carboxylic acids is 1. The van der Waals surface area contributed by atoms with Gasteiger partial charge in [-0.15, -0.1) is 0 Å². The molecule has 1 aliphatic rings. The molecule has 2 aromatic carbocycles. The molecule has 2 amide bonds. The Hall–Kier alpha value is -2.93. The molecular formula is C18H19N3O4. The van der Waals surface area contributed by atoms with Crippen LogP contribution in [0.1, 0.15) is 22.7 Å². The maximum atomic E-state index is 12.6. The van der Waals surface area contributed by atoms with Crippen LogP contribution in [0.3, 0.4) is 0 Å². The average Bonchev–Trinajstić information content (AvgIpc) is 2.65. The first kappa shape index (κ1) is 16.9. The number of rotatable bonds is 4. The summed E-state index contributed by atoms with van der Waals surface area (Å²) in [7, 11) is 0. The summed E-state index contributed by atoms with van der Waals surface area (Å²) < 4.78 is 0. The number of aliphatic hydroxyl groups excluding tert-OH is 1. The fourth-order valence-corrected chi connectivity index (χ4v) is 3.20. The summed E-state index contributed by atoms with van der Waals surface area (Å²) in [4.78, 5) is 24.7. The minimum atomic E-state index is -0.463. The van der Waals surface area contributed by atoms with E-state index in [1.807, 2.05) is 24.3 Å². The fourth-order valence-electron chi connectivity index (χ4n) is 3.20. The number of hydrogen-bond donors (Lipinski definition) is 2. The second-order valence-electron chi connectivity index (χ2n) is 5.89. The quantitative estimate of drug-likeness (QED) is 0.659. The number of nitro groups is 1. The highest BCUT2D eigenvalue weighted by Gasteiger charge is 2.30. The van der Waals surface area contributed by atoms with Gasteiger partial charge in [0.1, 0.15) is 0 Å². The van der Waals surface area contributed by atoms with Crippen molar-refractivity contribution >= 4 is 11.7 Å². The van der Waals surface area contributed by atoms with Gasteiger partial charge in [-0.25, -0.2) is 4.79 Å². The summed E-state index contributed by atoms with van der Waals surface area (Å²) in [5, 5.41) is 23.5. The molecular weight excluding hydrogens is 322 g/mol. The second kappa shape index (κ2) is 7.31. The maximum Gasteiger partial charge on any atom is 0.318 e. The predicted molar refractivity (Wildman–Crippen MR) is 92.0 cm³/mol. The lowest BCUT2D eigenvalue weighted by Gasteiger charge is -2.36. The number of para-hydroxylation sites is 1. The van der Waals surface area contributed by atoms with Crippen molar-refractivity contribution in [3.8, 4) is 0 Å². The van der Waals surface area contributed by atoms with Crippen molar-refractivity contribution in [2.24, 2.45) is 0 Å². The van der Waals surface area contributed by atoms with Gasteiger partial charge >= 0.3 is 6.03 Å². The van der Waals surface area contributed by atoms with Crippen LogP contribution in [0.4, 0.5) is 10.5 Å². The molecule has 2 aromatic rings. The Balaban J connectivity index is 1.73. The van der Waals surface area contributed by atoms with E-state index in [9.17, 15) is 20.0 Å². The Morgan fingerprint density at radius 3 is 2.72 bits per heavy atom. The zero-order valence-electron chi connectivity index (χ0n) is 13.6. The summed E-state index contributed by atoms with van der Waals surface area (Å²) in [6, 6.07) is 13.3. The molecule has 0 radical (unpaired) electrons. The number of aliphatic hydroxyl groups is 1. The molecule has 1 aliphatic heterocycles. The van der Waals surface area contributed by atoms with Crippen LogP contribution in [0.15, 0.2) is 48.5 Å². The highest BCUT2D eigenvalue weighted by Crippen LogP contribution is 2.29. The smallest absolute Gasteiger partial charge is 0.318 e. The third-order valence-electron chi connectivity index (χ3n) is 4.46. The van der Waals surface area contributed by atoms with Gasteiger partial charge in [-0.05, 0) is 17.5 Å². The number of benzene rings is 2. The van der Waals surface area contributed by atoms with E-state index in [-0.39, 0.29) is 24.9 Å². The van der Waals surface area contributed by atoms with Crippen LogP contribution in [-0.2, 0) is 13.0 Å². The van der Waals surface area contributed by atoms with Gasteiger partial charge in [0.25, 0.3) is 5.69 Å². The third kappa shape index (κ3) is 3.46. The van der Waals surface area contributed by atoms with E-state index < -0.39 is 11.0 Å². The molecule has 7 heteroatoms. The highest BCUT2D eigenvalue weighted by atomic mass is 16.6. The largest absolute Gasteiger partial charge is 0.394 e. The number of fused-ring (bicyclic) bond motifs is 1. The number of nitro benzene ring substituents is 1. The number of carbonyl (C=O) groups is 1. The molecule has 7 nitrogen and oxygen atoms in total. The van der Waals surface area contributed by atoms with E-state index >= 15 is 0 Å². The van der Waals surface area contributed by atoms with Gasteiger partial charge in [-0.1, -0.05) is 42.5 Å². The number of amides is 2. The van der Waals surface area contributed by atoms with E-state index in [0.717, 1.165) is 11.1 Å². The van der Waals surface area contributed by atoms with Crippen molar-refractivity contribution in [3.63, 3.8) is 0 Å². The molecule has 1 heterocycles. The molecule has 0 saturated heterocycles. The minimum Gasteiger partial charge on any atom is -0.394 e. The van der Waals surface area contributed by atoms with Crippen molar-refractivity contribution in [1.29, 1.82) is 0 Å². The topological polar surface area (TPSA) is 95.7 Å². The molecule has 130 valence electrons. The first-order chi connectivity index (χ1) is 12.1. The van der Waals surface area contributed by atoms with Gasteiger partial charge < -0.3 is 15.3 Å². The van der Waals surface area contributed by atoms with Crippen molar-refractivity contribution in [2.75, 3.05) is 13.2 Å². The van der Waals surface area contributed by atoms with Gasteiger partial charge in [0, 0.05) is 18.2 Å². The van der Waals surface area contributed by atoms with Crippen molar-refractivity contribution in [3.05, 3.63) is 75.3 Å². The first-order valence-corrected chi connectivity index (χ1v) is 8.07. The monoisotopic (exact) mass is 341 g/mol. The second-order valence-corrected chi connectivity index (χ2v) is 5.89. The van der Waals surface area contributed by atoms with Crippen LogP contribution in [0.25, 0.3) is 0 Å². The Morgan fingerprint density at radius 1 is 1.24 bits per heavy atom. The van der Waals surface area contributed by atoms with Crippen LogP contribution in [0, 0.1) is 10.1 Å². The average molecular weight is 341 g/mol. The van der Waals surface area contributed by atoms with Gasteiger partial charge in [0.05, 0.1) is 24.1 Å². The SMILES string of the molecule is O=C(NCc1ccccc1[N+](=O)[O-])N1CCc2ccccc2C1CO. The number of urea groups is 1. The van der Waals surface area contributed by atoms with Crippen LogP contribution in [0.2, 0.25) is 0 Å². The van der Waals surface area contributed by atoms with Crippen LogP contribution in [0.5, 0.6) is 0 Å². The molecule has 0 spiro atoms. The Labute approximate surface area is 145 Å². The standard InChI is InChI=1S/C18H19N3O4/c22-12-17-15-7-3-1-5-13(15)9-10-20(17)18(23)19-11-14-6-2-4-8-16(14)21(24)25/h1-8,17,22H,9-12H2,(H,19,23). The van der Waals surface area contributed by atoms with Crippen molar-refractivity contribution < 1.29 is 14.8 Å². The van der Waals surface area contributed by atoms with Gasteiger partial charge in [0.15, 0.2) is 0 Å². The van der Waals surface area contributed by atoms with Crippen molar-refractivity contribution in [1.82, 2.24) is 10.2 Å². The molecule has 0 fully saturated rings. The Bertz CT molecular complexity index is 793. The first-order valence-electron chi connectivity index (χ1n) is 8.07. The summed E-state index contributed by atoms with van der Waals surface area (Å²) in [5.74, 6) is 0. The van der Waals surface area contributed by atoms with Crippen LogP contribution >= 0.6 is 0 Å². The lowest BCUT2D eigenvalue weighted by Crippen LogP contribution is -2.46. The molecule has 0 aromatic heterocycles. The van der Waals surface area contributed by atoms with Crippen LogP contribution in [-0.4, -0.2) is 34.1 Å². The summed E-state index contributed by atoms with van der Waals surface area (Å²) in [6.07, 6.45) is 0.714. The molecule has 0 aliphatic carbocycles. The molecule has 2 N–H and O–H groups in total. The molecule has 3 rings (SSSR count). The summed E-state index contributed by atoms with van der Waals surface area (Å²) >= 11 is 0. The van der Waals surface area contributed by atoms with Gasteiger partial charge in [0.2, 0.25) is 0 Å². The normalized spacial score (nSPS) is 16.2. The number of nitrogens with zero attached hydrogens (tertiary/aromatic N) is 2. The maximum absolute atomic E-state index is 12.6. The van der Waals surface area contributed by atoms with E-state index in [1.54, 1.807) is 23.1 Å². The molecule has 0 bridgehead atoms. The predicted octanol–water partition coefficient (Wildman–Crippen LogP) is 2.40. The number of hydrogen-bond acceptors (Lipinski definition) is 4. The molecule has 0 saturated carbocycles. The van der Waals surface area contributed by atoms with Gasteiger partial charge in [-0.2, -0.15) is 0 Å². The zero-order valence-corrected chi connectivity index (χ0v) is 13.6. The highest BCUT2D eigenvalue weighted by molar-refractivity contribution is 5.75. The Morgan fingerprint density at radius 2 is 1.96 bits per heavy atom. The third-order valence-corrected chi connectivity index (χ3v) is 4.46. The fraction of sp³-hybridized carbons (Fsp3) is 0.278. The van der Waals surface area contributed by atoms with Gasteiger partial charge in [-0.3, -0.25) is 10.1 Å². The molecule has 1 atom stereocenters. The molecule has 1 unspecified atom stereocenters. The zero-order chi connectivity index (χ0) is 17.8. The molecule has 25 heavy (non-hydrogen) atoms. The number of nitrogens with one attached hydrogen (secondary N) is 1. The Kier molecular flexibility index (Phi) is 4.95. The van der Waals surface area contributed by atoms with E-state index in [2.05, 4.69) is 5.32 Å². The van der Waals surface area contributed by atoms with E-state index in [4.69, 9.17) is 0 Å². The lowest BCUT2D eigenvalue weighted by atomic mass is 9.93. The van der Waals surface area contributed by atoms with E-state index in [1.165, 1.54) is 6.07 Å². The minimum absolute atomic E-state index is 0.0227.